The van der Waals surface area contributed by atoms with E-state index in [0.29, 0.717) is 12.5 Å². The van der Waals surface area contributed by atoms with Crippen LogP contribution in [0.25, 0.3) is 0 Å². The minimum absolute atomic E-state index is 0.246. The Morgan fingerprint density at radius 3 is 2.89 bits per heavy atom. The van der Waals surface area contributed by atoms with Crippen LogP contribution in [-0.4, -0.2) is 29.9 Å². The Morgan fingerprint density at radius 2 is 2.33 bits per heavy atom. The van der Waals surface area contributed by atoms with Crippen LogP contribution in [0.2, 0.25) is 0 Å². The standard InChI is InChI=1S/C13H19BrN2OS/c1-2-16(9-11-5-6-12(14)18-11)13(17)7-8-15-10-3-4-10/h5-6,10,15H,2-4,7-9H2,1H3. The highest BCUT2D eigenvalue weighted by atomic mass is 79.9. The second kappa shape index (κ2) is 6.68. The summed E-state index contributed by atoms with van der Waals surface area (Å²) in [6.45, 7) is 4.36. The van der Waals surface area contributed by atoms with Crippen molar-refractivity contribution in [2.24, 2.45) is 0 Å². The molecular formula is C13H19BrN2OS. The van der Waals surface area contributed by atoms with Crippen molar-refractivity contribution in [3.63, 3.8) is 0 Å². The lowest BCUT2D eigenvalue weighted by molar-refractivity contribution is -0.131. The Morgan fingerprint density at radius 1 is 1.56 bits per heavy atom. The number of carbonyl (C=O) groups is 1. The van der Waals surface area contributed by atoms with E-state index < -0.39 is 0 Å². The number of rotatable bonds is 7. The smallest absolute Gasteiger partial charge is 0.224 e. The molecule has 0 unspecified atom stereocenters. The van der Waals surface area contributed by atoms with Crippen molar-refractivity contribution in [3.05, 3.63) is 20.8 Å². The lowest BCUT2D eigenvalue weighted by Gasteiger charge is -2.20. The van der Waals surface area contributed by atoms with Gasteiger partial charge in [-0.15, -0.1) is 11.3 Å². The second-order valence-corrected chi connectivity index (χ2v) is 7.14. The summed E-state index contributed by atoms with van der Waals surface area (Å²) in [5.41, 5.74) is 0. The van der Waals surface area contributed by atoms with E-state index in [9.17, 15) is 4.79 Å². The fraction of sp³-hybridized carbons (Fsp3) is 0.615. The third-order valence-electron chi connectivity index (χ3n) is 3.06. The normalized spacial score (nSPS) is 14.8. The van der Waals surface area contributed by atoms with Crippen LogP contribution >= 0.6 is 27.3 Å². The summed E-state index contributed by atoms with van der Waals surface area (Å²) in [5.74, 6) is 0.246. The van der Waals surface area contributed by atoms with Crippen molar-refractivity contribution in [1.82, 2.24) is 10.2 Å². The van der Waals surface area contributed by atoms with Crippen LogP contribution in [0.3, 0.4) is 0 Å². The van der Waals surface area contributed by atoms with Gasteiger partial charge in [0.05, 0.1) is 10.3 Å². The number of carbonyl (C=O) groups excluding carboxylic acids is 1. The molecule has 1 N–H and O–H groups in total. The summed E-state index contributed by atoms with van der Waals surface area (Å²) in [5, 5.41) is 3.38. The van der Waals surface area contributed by atoms with Crippen molar-refractivity contribution >= 4 is 33.2 Å². The van der Waals surface area contributed by atoms with E-state index in [1.165, 1.54) is 17.7 Å². The molecule has 18 heavy (non-hydrogen) atoms. The van der Waals surface area contributed by atoms with Crippen LogP contribution in [0.5, 0.6) is 0 Å². The molecule has 0 aromatic carbocycles. The zero-order valence-corrected chi connectivity index (χ0v) is 13.0. The van der Waals surface area contributed by atoms with Crippen molar-refractivity contribution in [2.75, 3.05) is 13.1 Å². The molecule has 3 nitrogen and oxygen atoms in total. The molecule has 0 spiro atoms. The molecule has 100 valence electrons. The van der Waals surface area contributed by atoms with Crippen molar-refractivity contribution < 1.29 is 4.79 Å². The van der Waals surface area contributed by atoms with Crippen molar-refractivity contribution in [2.45, 2.75) is 38.8 Å². The summed E-state index contributed by atoms with van der Waals surface area (Å²) < 4.78 is 1.12. The molecular weight excluding hydrogens is 312 g/mol. The lowest BCUT2D eigenvalue weighted by Crippen LogP contribution is -2.32. The SMILES string of the molecule is CCN(Cc1ccc(Br)s1)C(=O)CCNC1CC1. The Bertz CT molecular complexity index is 403. The molecule has 0 saturated heterocycles. The van der Waals surface area contributed by atoms with Gasteiger partial charge in [0.15, 0.2) is 0 Å². The Hall–Kier alpha value is -0.390. The number of hydrogen-bond acceptors (Lipinski definition) is 3. The van der Waals surface area contributed by atoms with Gasteiger partial charge in [-0.2, -0.15) is 0 Å². The highest BCUT2D eigenvalue weighted by Crippen LogP contribution is 2.23. The molecule has 1 aliphatic carbocycles. The van der Waals surface area contributed by atoms with E-state index >= 15 is 0 Å². The molecule has 0 atom stereocenters. The molecule has 1 aliphatic rings. The predicted molar refractivity (Wildman–Crippen MR) is 78.8 cm³/mol. The summed E-state index contributed by atoms with van der Waals surface area (Å²) in [6.07, 6.45) is 3.15. The average Bonchev–Trinajstić information content (AvgIpc) is 3.08. The molecule has 0 bridgehead atoms. The van der Waals surface area contributed by atoms with E-state index in [1.807, 2.05) is 17.9 Å². The minimum Gasteiger partial charge on any atom is -0.338 e. The Labute approximate surface area is 121 Å². The van der Waals surface area contributed by atoms with E-state index in [1.54, 1.807) is 11.3 Å². The average molecular weight is 331 g/mol. The third kappa shape index (κ3) is 4.37. The summed E-state index contributed by atoms with van der Waals surface area (Å²) in [6, 6.07) is 4.79. The molecule has 1 aromatic heterocycles. The van der Waals surface area contributed by atoms with Crippen LogP contribution in [0.4, 0.5) is 0 Å². The van der Waals surface area contributed by atoms with Gasteiger partial charge >= 0.3 is 0 Å². The van der Waals surface area contributed by atoms with Gasteiger partial charge < -0.3 is 10.2 Å². The quantitative estimate of drug-likeness (QED) is 0.833. The fourth-order valence-electron chi connectivity index (χ4n) is 1.83. The third-order valence-corrected chi connectivity index (χ3v) is 4.67. The molecule has 5 heteroatoms. The highest BCUT2D eigenvalue weighted by Gasteiger charge is 2.21. The van der Waals surface area contributed by atoms with Crippen molar-refractivity contribution in [1.29, 1.82) is 0 Å². The van der Waals surface area contributed by atoms with Gasteiger partial charge in [-0.25, -0.2) is 0 Å². The van der Waals surface area contributed by atoms with Gasteiger partial charge in [-0.1, -0.05) is 0 Å². The summed E-state index contributed by atoms with van der Waals surface area (Å²) in [4.78, 5) is 15.2. The summed E-state index contributed by atoms with van der Waals surface area (Å²) in [7, 11) is 0. The highest BCUT2D eigenvalue weighted by molar-refractivity contribution is 9.11. The van der Waals surface area contributed by atoms with Crippen LogP contribution in [0, 0.1) is 0 Å². The molecule has 1 saturated carbocycles. The van der Waals surface area contributed by atoms with Gasteiger partial charge in [-0.05, 0) is 47.8 Å². The predicted octanol–water partition coefficient (Wildman–Crippen LogP) is 3.00. The maximum Gasteiger partial charge on any atom is 0.224 e. The first-order chi connectivity index (χ1) is 8.69. The number of nitrogens with one attached hydrogen (secondary N) is 1. The van der Waals surface area contributed by atoms with Gasteiger partial charge in [0.25, 0.3) is 0 Å². The largest absolute Gasteiger partial charge is 0.338 e. The molecule has 1 amide bonds. The first kappa shape index (κ1) is 14.0. The van der Waals surface area contributed by atoms with Crippen LogP contribution < -0.4 is 5.32 Å². The number of hydrogen-bond donors (Lipinski definition) is 1. The maximum atomic E-state index is 12.1. The van der Waals surface area contributed by atoms with Gasteiger partial charge in [-0.3, -0.25) is 4.79 Å². The van der Waals surface area contributed by atoms with Crippen LogP contribution in [0.1, 0.15) is 31.1 Å². The molecule has 1 heterocycles. The van der Waals surface area contributed by atoms with E-state index in [2.05, 4.69) is 27.3 Å². The first-order valence-electron chi connectivity index (χ1n) is 6.44. The van der Waals surface area contributed by atoms with Crippen molar-refractivity contribution in [3.8, 4) is 0 Å². The number of halogens is 1. The van der Waals surface area contributed by atoms with Gasteiger partial charge in [0.1, 0.15) is 0 Å². The maximum absolute atomic E-state index is 12.1. The van der Waals surface area contributed by atoms with E-state index in [4.69, 9.17) is 0 Å². The van der Waals surface area contributed by atoms with Crippen LogP contribution in [0.15, 0.2) is 15.9 Å². The van der Waals surface area contributed by atoms with E-state index in [0.717, 1.165) is 23.4 Å². The number of amides is 1. The van der Waals surface area contributed by atoms with E-state index in [-0.39, 0.29) is 5.91 Å². The molecule has 1 fully saturated rings. The molecule has 1 aromatic rings. The summed E-state index contributed by atoms with van der Waals surface area (Å²) >= 11 is 5.15. The minimum atomic E-state index is 0.246. The molecule has 0 radical (unpaired) electrons. The fourth-order valence-corrected chi connectivity index (χ4v) is 3.33. The van der Waals surface area contributed by atoms with Gasteiger partial charge in [0.2, 0.25) is 5.91 Å². The monoisotopic (exact) mass is 330 g/mol. The number of thiophene rings is 1. The zero-order valence-electron chi connectivity index (χ0n) is 10.6. The van der Waals surface area contributed by atoms with Gasteiger partial charge in [0, 0.05) is 30.4 Å². The first-order valence-corrected chi connectivity index (χ1v) is 8.05. The topological polar surface area (TPSA) is 32.3 Å². The lowest BCUT2D eigenvalue weighted by atomic mass is 10.3. The second-order valence-electron chi connectivity index (χ2n) is 4.59. The molecule has 0 aliphatic heterocycles. The Balaban J connectivity index is 1.77. The van der Waals surface area contributed by atoms with Crippen LogP contribution in [-0.2, 0) is 11.3 Å². The number of nitrogens with zero attached hydrogens (tertiary/aromatic N) is 1. The molecule has 2 rings (SSSR count). The zero-order chi connectivity index (χ0) is 13.0. The Kier molecular flexibility index (Phi) is 5.21.